The van der Waals surface area contributed by atoms with Crippen LogP contribution >= 0.6 is 0 Å². The standard InChI is InChI=1S/C21H29N3O/c25-20(21-11-16-7-17(12-21)9-18(8-16)13-21)23-14-15-3-4-22-19(10-15)24-5-1-2-6-24/h3-4,10,16-18H,1-2,5-9,11-14H2,(H,23,25). The van der Waals surface area contributed by atoms with E-state index >= 15 is 0 Å². The highest BCUT2D eigenvalue weighted by molar-refractivity contribution is 5.83. The van der Waals surface area contributed by atoms with Crippen LogP contribution in [0.25, 0.3) is 0 Å². The molecule has 134 valence electrons. The van der Waals surface area contributed by atoms with Crippen molar-refractivity contribution in [1.29, 1.82) is 0 Å². The number of nitrogens with one attached hydrogen (secondary N) is 1. The lowest BCUT2D eigenvalue weighted by Gasteiger charge is -2.55. The van der Waals surface area contributed by atoms with E-state index in [4.69, 9.17) is 0 Å². The third-order valence-corrected chi connectivity index (χ3v) is 7.21. The first-order valence-corrected chi connectivity index (χ1v) is 10.2. The molecule has 1 aromatic rings. The van der Waals surface area contributed by atoms with Gasteiger partial charge in [-0.05, 0) is 86.8 Å². The second kappa shape index (κ2) is 6.00. The first-order chi connectivity index (χ1) is 12.2. The van der Waals surface area contributed by atoms with Crippen LogP contribution < -0.4 is 10.2 Å². The SMILES string of the molecule is O=C(NCc1ccnc(N2CCCC2)c1)C12CC3CC(CC(C3)C1)C2. The monoisotopic (exact) mass is 339 g/mol. The molecule has 0 spiro atoms. The van der Waals surface area contributed by atoms with E-state index in [1.165, 1.54) is 37.7 Å². The predicted molar refractivity (Wildman–Crippen MR) is 98.1 cm³/mol. The lowest BCUT2D eigenvalue weighted by molar-refractivity contribution is -0.146. The van der Waals surface area contributed by atoms with Crippen LogP contribution in [0.1, 0.15) is 56.9 Å². The van der Waals surface area contributed by atoms with E-state index < -0.39 is 0 Å². The third kappa shape index (κ3) is 2.84. The molecule has 0 aromatic carbocycles. The van der Waals surface area contributed by atoms with Crippen molar-refractivity contribution in [2.24, 2.45) is 23.2 Å². The van der Waals surface area contributed by atoms with E-state index in [1.807, 2.05) is 12.3 Å². The van der Waals surface area contributed by atoms with Crippen molar-refractivity contribution in [3.8, 4) is 0 Å². The lowest BCUT2D eigenvalue weighted by Crippen LogP contribution is -2.53. The summed E-state index contributed by atoms with van der Waals surface area (Å²) in [7, 11) is 0. The summed E-state index contributed by atoms with van der Waals surface area (Å²) in [5.74, 6) is 3.85. The predicted octanol–water partition coefficient (Wildman–Crippen LogP) is 3.51. The van der Waals surface area contributed by atoms with Gasteiger partial charge in [0.2, 0.25) is 5.91 Å². The average molecular weight is 339 g/mol. The van der Waals surface area contributed by atoms with Gasteiger partial charge in [-0.3, -0.25) is 4.79 Å². The molecule has 4 heteroatoms. The highest BCUT2D eigenvalue weighted by atomic mass is 16.2. The smallest absolute Gasteiger partial charge is 0.226 e. The van der Waals surface area contributed by atoms with Crippen LogP contribution in [-0.2, 0) is 11.3 Å². The summed E-state index contributed by atoms with van der Waals surface area (Å²) in [6.07, 6.45) is 12.0. The van der Waals surface area contributed by atoms with Crippen molar-refractivity contribution in [3.05, 3.63) is 23.9 Å². The second-order valence-electron chi connectivity index (χ2n) is 9.10. The number of nitrogens with zero attached hydrogens (tertiary/aromatic N) is 2. The Hall–Kier alpha value is -1.58. The number of pyridine rings is 1. The Morgan fingerprint density at radius 3 is 2.40 bits per heavy atom. The Morgan fingerprint density at radius 1 is 1.12 bits per heavy atom. The van der Waals surface area contributed by atoms with E-state index in [1.54, 1.807) is 0 Å². The maximum absolute atomic E-state index is 13.1. The van der Waals surface area contributed by atoms with Gasteiger partial charge in [-0.2, -0.15) is 0 Å². The quantitative estimate of drug-likeness (QED) is 0.913. The number of carbonyl (C=O) groups is 1. The minimum absolute atomic E-state index is 0.0421. The fraction of sp³-hybridized carbons (Fsp3) is 0.714. The first kappa shape index (κ1) is 15.7. The zero-order valence-electron chi connectivity index (χ0n) is 15.0. The maximum atomic E-state index is 13.1. The highest BCUT2D eigenvalue weighted by Crippen LogP contribution is 2.60. The zero-order chi connectivity index (χ0) is 16.9. The highest BCUT2D eigenvalue weighted by Gasteiger charge is 2.54. The van der Waals surface area contributed by atoms with E-state index in [0.29, 0.717) is 12.5 Å². The Morgan fingerprint density at radius 2 is 1.76 bits per heavy atom. The maximum Gasteiger partial charge on any atom is 0.226 e. The molecule has 2 heterocycles. The van der Waals surface area contributed by atoms with Gasteiger partial charge in [-0.1, -0.05) is 0 Å². The summed E-state index contributed by atoms with van der Waals surface area (Å²) in [5, 5.41) is 3.29. The summed E-state index contributed by atoms with van der Waals surface area (Å²) >= 11 is 0. The van der Waals surface area contributed by atoms with Gasteiger partial charge in [0.1, 0.15) is 5.82 Å². The molecule has 5 aliphatic rings. The van der Waals surface area contributed by atoms with Crippen LogP contribution in [0.3, 0.4) is 0 Å². The van der Waals surface area contributed by atoms with Gasteiger partial charge >= 0.3 is 0 Å². The van der Waals surface area contributed by atoms with E-state index in [0.717, 1.165) is 55.9 Å². The van der Waals surface area contributed by atoms with Crippen molar-refractivity contribution in [3.63, 3.8) is 0 Å². The number of aromatic nitrogens is 1. The Bertz CT molecular complexity index is 630. The molecular weight excluding hydrogens is 310 g/mol. The molecule has 4 aliphatic carbocycles. The molecule has 1 aromatic heterocycles. The summed E-state index contributed by atoms with van der Waals surface area (Å²) in [5.41, 5.74) is 1.13. The van der Waals surface area contributed by atoms with E-state index in [2.05, 4.69) is 21.3 Å². The van der Waals surface area contributed by atoms with Crippen LogP contribution in [0.5, 0.6) is 0 Å². The molecule has 0 atom stereocenters. The van der Waals surface area contributed by atoms with Gasteiger partial charge in [0.15, 0.2) is 0 Å². The number of carbonyl (C=O) groups excluding carboxylic acids is 1. The average Bonchev–Trinajstić information content (AvgIpc) is 3.13. The lowest BCUT2D eigenvalue weighted by atomic mass is 9.49. The molecule has 4 saturated carbocycles. The summed E-state index contributed by atoms with van der Waals surface area (Å²) in [4.78, 5) is 19.9. The van der Waals surface area contributed by atoms with Gasteiger partial charge in [0.05, 0.1) is 0 Å². The molecule has 1 aliphatic heterocycles. The molecule has 5 fully saturated rings. The molecule has 4 bridgehead atoms. The van der Waals surface area contributed by atoms with E-state index in [-0.39, 0.29) is 5.41 Å². The van der Waals surface area contributed by atoms with Crippen molar-refractivity contribution in [2.75, 3.05) is 18.0 Å². The number of rotatable bonds is 4. The molecule has 0 radical (unpaired) electrons. The number of amides is 1. The number of anilines is 1. The zero-order valence-corrected chi connectivity index (χ0v) is 15.0. The number of hydrogen-bond acceptors (Lipinski definition) is 3. The van der Waals surface area contributed by atoms with Crippen molar-refractivity contribution in [2.45, 2.75) is 57.9 Å². The minimum atomic E-state index is -0.0421. The fourth-order valence-electron chi connectivity index (χ4n) is 6.45. The van der Waals surface area contributed by atoms with Crippen LogP contribution in [-0.4, -0.2) is 24.0 Å². The largest absolute Gasteiger partial charge is 0.357 e. The molecule has 1 saturated heterocycles. The topological polar surface area (TPSA) is 45.2 Å². The second-order valence-corrected chi connectivity index (χ2v) is 9.10. The first-order valence-electron chi connectivity index (χ1n) is 10.2. The molecule has 25 heavy (non-hydrogen) atoms. The van der Waals surface area contributed by atoms with Crippen LogP contribution in [0.2, 0.25) is 0 Å². The van der Waals surface area contributed by atoms with Gasteiger partial charge in [0.25, 0.3) is 0 Å². The van der Waals surface area contributed by atoms with Gasteiger partial charge < -0.3 is 10.2 Å². The molecule has 4 nitrogen and oxygen atoms in total. The summed E-state index contributed by atoms with van der Waals surface area (Å²) in [6.45, 7) is 2.86. The van der Waals surface area contributed by atoms with Crippen molar-refractivity contribution >= 4 is 11.7 Å². The Labute approximate surface area is 150 Å². The molecule has 6 rings (SSSR count). The third-order valence-electron chi connectivity index (χ3n) is 7.21. The molecular formula is C21H29N3O. The summed E-state index contributed by atoms with van der Waals surface area (Å²) in [6, 6.07) is 4.20. The van der Waals surface area contributed by atoms with Gasteiger partial charge in [-0.25, -0.2) is 4.98 Å². The van der Waals surface area contributed by atoms with Gasteiger partial charge in [0, 0.05) is 31.2 Å². The Kier molecular flexibility index (Phi) is 3.76. The molecule has 0 unspecified atom stereocenters. The van der Waals surface area contributed by atoms with Crippen LogP contribution in [0.4, 0.5) is 5.82 Å². The minimum Gasteiger partial charge on any atom is -0.357 e. The van der Waals surface area contributed by atoms with E-state index in [9.17, 15) is 4.79 Å². The van der Waals surface area contributed by atoms with Crippen molar-refractivity contribution in [1.82, 2.24) is 10.3 Å². The van der Waals surface area contributed by atoms with Crippen LogP contribution in [0, 0.1) is 23.2 Å². The normalized spacial score (nSPS) is 36.0. The summed E-state index contributed by atoms with van der Waals surface area (Å²) < 4.78 is 0. The molecule has 1 N–H and O–H groups in total. The molecule has 1 amide bonds. The van der Waals surface area contributed by atoms with Gasteiger partial charge in [-0.15, -0.1) is 0 Å². The fourth-order valence-corrected chi connectivity index (χ4v) is 6.45. The van der Waals surface area contributed by atoms with Crippen LogP contribution in [0.15, 0.2) is 18.3 Å². The number of hydrogen-bond donors (Lipinski definition) is 1. The van der Waals surface area contributed by atoms with Crippen molar-refractivity contribution < 1.29 is 4.79 Å². The Balaban J connectivity index is 1.25.